The van der Waals surface area contributed by atoms with Crippen molar-refractivity contribution in [3.05, 3.63) is 56.1 Å². The van der Waals surface area contributed by atoms with Crippen molar-refractivity contribution >= 4 is 16.9 Å². The SMILES string of the molecule is Cn1c(=O)c2c(C(F)(F)F)cc(C3CCCCN3C(=O)c3ccn[nH]3)nc2n(C)c1=O. The molecule has 1 N–H and O–H groups in total. The number of nitrogens with one attached hydrogen (secondary N) is 1. The highest BCUT2D eigenvalue weighted by Gasteiger charge is 2.38. The Morgan fingerprint density at radius 3 is 2.58 bits per heavy atom. The molecule has 0 aromatic carbocycles. The molecular weight excluding hydrogens is 417 g/mol. The zero-order chi connectivity index (χ0) is 22.5. The van der Waals surface area contributed by atoms with Crippen molar-refractivity contribution in [3.8, 4) is 0 Å². The zero-order valence-corrected chi connectivity index (χ0v) is 16.7. The molecule has 1 fully saturated rings. The van der Waals surface area contributed by atoms with E-state index in [0.29, 0.717) is 30.4 Å². The van der Waals surface area contributed by atoms with Gasteiger partial charge in [-0.3, -0.25) is 23.8 Å². The fourth-order valence-corrected chi connectivity index (χ4v) is 3.98. The van der Waals surface area contributed by atoms with Crippen LogP contribution in [0.4, 0.5) is 13.2 Å². The van der Waals surface area contributed by atoms with E-state index in [1.165, 1.54) is 24.2 Å². The molecule has 0 bridgehead atoms. The van der Waals surface area contributed by atoms with E-state index in [1.807, 2.05) is 0 Å². The van der Waals surface area contributed by atoms with E-state index < -0.39 is 40.3 Å². The van der Waals surface area contributed by atoms with Gasteiger partial charge in [0.1, 0.15) is 11.3 Å². The average Bonchev–Trinajstić information content (AvgIpc) is 3.29. The standard InChI is InChI=1S/C19H19F3N6O3/c1-26-15-14(17(30)27(2)18(26)31)10(19(20,21)22)9-12(24-15)13-5-3-4-8-28(13)16(29)11-6-7-23-25-11/h6-7,9,13H,3-5,8H2,1-2H3,(H,23,25). The number of pyridine rings is 1. The number of fused-ring (bicyclic) bond motifs is 1. The van der Waals surface area contributed by atoms with E-state index in [0.717, 1.165) is 17.7 Å². The van der Waals surface area contributed by atoms with Crippen LogP contribution in [0.25, 0.3) is 11.0 Å². The van der Waals surface area contributed by atoms with Crippen LogP contribution in [0, 0.1) is 0 Å². The van der Waals surface area contributed by atoms with Crippen LogP contribution < -0.4 is 11.2 Å². The van der Waals surface area contributed by atoms with Crippen LogP contribution in [0.2, 0.25) is 0 Å². The van der Waals surface area contributed by atoms with Crippen LogP contribution in [0.15, 0.2) is 27.9 Å². The molecule has 1 aliphatic rings. The van der Waals surface area contributed by atoms with Crippen LogP contribution in [0.5, 0.6) is 0 Å². The van der Waals surface area contributed by atoms with E-state index >= 15 is 0 Å². The third-order valence-corrected chi connectivity index (χ3v) is 5.57. The van der Waals surface area contributed by atoms with Gasteiger partial charge in [0.05, 0.1) is 22.7 Å². The summed E-state index contributed by atoms with van der Waals surface area (Å²) < 4.78 is 43.3. The Hall–Kier alpha value is -3.44. The highest BCUT2D eigenvalue weighted by atomic mass is 19.4. The molecule has 1 atom stereocenters. The number of rotatable bonds is 2. The Morgan fingerprint density at radius 1 is 1.19 bits per heavy atom. The number of carbonyl (C=O) groups is 1. The normalized spacial score (nSPS) is 17.3. The van der Waals surface area contributed by atoms with Crippen molar-refractivity contribution < 1.29 is 18.0 Å². The van der Waals surface area contributed by atoms with E-state index in [2.05, 4.69) is 15.2 Å². The summed E-state index contributed by atoms with van der Waals surface area (Å²) in [6, 6.07) is 1.56. The monoisotopic (exact) mass is 436 g/mol. The molecule has 1 aliphatic heterocycles. The second-order valence-electron chi connectivity index (χ2n) is 7.48. The Morgan fingerprint density at radius 2 is 1.94 bits per heavy atom. The van der Waals surface area contributed by atoms with Gasteiger partial charge in [0.15, 0.2) is 0 Å². The number of likely N-dealkylation sites (tertiary alicyclic amines) is 1. The summed E-state index contributed by atoms with van der Waals surface area (Å²) in [7, 11) is 2.37. The van der Waals surface area contributed by atoms with Crippen LogP contribution in [-0.4, -0.2) is 41.7 Å². The van der Waals surface area contributed by atoms with Gasteiger partial charge in [-0.05, 0) is 31.4 Å². The minimum Gasteiger partial charge on any atom is -0.329 e. The Labute approximate surface area is 173 Å². The zero-order valence-electron chi connectivity index (χ0n) is 16.7. The maximum atomic E-state index is 13.9. The first-order valence-electron chi connectivity index (χ1n) is 9.59. The summed E-state index contributed by atoms with van der Waals surface area (Å²) in [5.74, 6) is -0.407. The van der Waals surface area contributed by atoms with Crippen LogP contribution >= 0.6 is 0 Å². The van der Waals surface area contributed by atoms with Crippen molar-refractivity contribution in [2.45, 2.75) is 31.5 Å². The van der Waals surface area contributed by atoms with Gasteiger partial charge >= 0.3 is 11.9 Å². The highest BCUT2D eigenvalue weighted by molar-refractivity contribution is 5.92. The van der Waals surface area contributed by atoms with Crippen molar-refractivity contribution in [2.24, 2.45) is 14.1 Å². The molecule has 31 heavy (non-hydrogen) atoms. The number of aryl methyl sites for hydroxylation is 1. The number of amides is 1. The number of aromatic nitrogens is 5. The first-order chi connectivity index (χ1) is 14.6. The molecule has 9 nitrogen and oxygen atoms in total. The van der Waals surface area contributed by atoms with Gasteiger partial charge in [-0.2, -0.15) is 18.3 Å². The number of alkyl halides is 3. The van der Waals surface area contributed by atoms with E-state index in [-0.39, 0.29) is 17.0 Å². The number of hydrogen-bond acceptors (Lipinski definition) is 5. The Bertz CT molecular complexity index is 1280. The summed E-state index contributed by atoms with van der Waals surface area (Å²) in [5.41, 5.74) is -3.20. The van der Waals surface area contributed by atoms with Gasteiger partial charge in [0.25, 0.3) is 11.5 Å². The molecule has 3 aromatic rings. The summed E-state index contributed by atoms with van der Waals surface area (Å²) in [4.78, 5) is 43.5. The quantitative estimate of drug-likeness (QED) is 0.659. The second kappa shape index (κ2) is 7.36. The molecule has 1 unspecified atom stereocenters. The molecule has 12 heteroatoms. The maximum absolute atomic E-state index is 13.9. The molecule has 164 valence electrons. The second-order valence-corrected chi connectivity index (χ2v) is 7.48. The molecular formula is C19H19F3N6O3. The summed E-state index contributed by atoms with van der Waals surface area (Å²) in [6.45, 7) is 0.332. The van der Waals surface area contributed by atoms with Crippen LogP contribution in [0.3, 0.4) is 0 Å². The number of carbonyl (C=O) groups excluding carboxylic acids is 1. The van der Waals surface area contributed by atoms with Crippen LogP contribution in [-0.2, 0) is 20.3 Å². The van der Waals surface area contributed by atoms with Gasteiger partial charge in [0, 0.05) is 26.8 Å². The topological polar surface area (TPSA) is 106 Å². The molecule has 0 aliphatic carbocycles. The molecule has 1 amide bonds. The molecule has 4 heterocycles. The lowest BCUT2D eigenvalue weighted by molar-refractivity contribution is -0.136. The fourth-order valence-electron chi connectivity index (χ4n) is 3.98. The molecule has 1 saturated heterocycles. The highest BCUT2D eigenvalue weighted by Crippen LogP contribution is 2.37. The van der Waals surface area contributed by atoms with E-state index in [4.69, 9.17) is 0 Å². The molecule has 4 rings (SSSR count). The molecule has 3 aromatic heterocycles. The third-order valence-electron chi connectivity index (χ3n) is 5.57. The third kappa shape index (κ3) is 3.41. The van der Waals surface area contributed by atoms with Gasteiger partial charge in [-0.15, -0.1) is 0 Å². The average molecular weight is 436 g/mol. The number of aromatic amines is 1. The van der Waals surface area contributed by atoms with Gasteiger partial charge in [-0.1, -0.05) is 0 Å². The molecule has 0 spiro atoms. The van der Waals surface area contributed by atoms with Crippen LogP contribution in [0.1, 0.15) is 47.1 Å². The Balaban J connectivity index is 1.96. The number of piperidine rings is 1. The van der Waals surface area contributed by atoms with Crippen molar-refractivity contribution in [1.82, 2.24) is 29.2 Å². The lowest BCUT2D eigenvalue weighted by Gasteiger charge is -2.35. The van der Waals surface area contributed by atoms with Crippen molar-refractivity contribution in [3.63, 3.8) is 0 Å². The van der Waals surface area contributed by atoms with E-state index in [1.54, 1.807) is 0 Å². The smallest absolute Gasteiger partial charge is 0.329 e. The number of nitrogens with zero attached hydrogens (tertiary/aromatic N) is 5. The van der Waals surface area contributed by atoms with Gasteiger partial charge < -0.3 is 4.90 Å². The van der Waals surface area contributed by atoms with Gasteiger partial charge in [0.2, 0.25) is 0 Å². The predicted molar refractivity (Wildman–Crippen MR) is 103 cm³/mol. The lowest BCUT2D eigenvalue weighted by Crippen LogP contribution is -2.40. The number of halogens is 3. The molecule has 0 saturated carbocycles. The minimum atomic E-state index is -4.85. The largest absolute Gasteiger partial charge is 0.417 e. The lowest BCUT2D eigenvalue weighted by atomic mass is 9.96. The summed E-state index contributed by atoms with van der Waals surface area (Å²) in [6.07, 6.45) is -1.67. The number of H-pyrrole nitrogens is 1. The summed E-state index contributed by atoms with van der Waals surface area (Å²) >= 11 is 0. The first kappa shape index (κ1) is 20.8. The van der Waals surface area contributed by atoms with Crippen molar-refractivity contribution in [2.75, 3.05) is 6.54 Å². The Kier molecular flexibility index (Phi) is 4.94. The van der Waals surface area contributed by atoms with Gasteiger partial charge in [-0.25, -0.2) is 9.78 Å². The maximum Gasteiger partial charge on any atom is 0.417 e. The molecule has 0 radical (unpaired) electrons. The fraction of sp³-hybridized carbons (Fsp3) is 0.421. The van der Waals surface area contributed by atoms with Crippen molar-refractivity contribution in [1.29, 1.82) is 0 Å². The van der Waals surface area contributed by atoms with E-state index in [9.17, 15) is 27.6 Å². The summed E-state index contributed by atoms with van der Waals surface area (Å²) in [5, 5.41) is 5.64. The predicted octanol–water partition coefficient (Wildman–Crippen LogP) is 1.74. The number of hydrogen-bond donors (Lipinski definition) is 1. The minimum absolute atomic E-state index is 0.0179. The first-order valence-corrected chi connectivity index (χ1v) is 9.59.